The van der Waals surface area contributed by atoms with Gasteiger partial charge in [-0.25, -0.2) is 4.98 Å². The Bertz CT molecular complexity index is 457. The third kappa shape index (κ3) is 5.34. The van der Waals surface area contributed by atoms with E-state index in [0.717, 1.165) is 38.2 Å². The van der Waals surface area contributed by atoms with Crippen LogP contribution < -0.4 is 10.6 Å². The van der Waals surface area contributed by atoms with Crippen LogP contribution in [0.4, 0.5) is 5.82 Å². The highest BCUT2D eigenvalue weighted by Gasteiger charge is 2.15. The lowest BCUT2D eigenvalue weighted by atomic mass is 10.1. The fraction of sp³-hybridized carbons (Fsp3) is 0.625. The molecule has 116 valence electrons. The Kier molecular flexibility index (Phi) is 5.99. The zero-order chi connectivity index (χ0) is 15.1. The lowest BCUT2D eigenvalue weighted by molar-refractivity contribution is 0.0952. The Morgan fingerprint density at radius 1 is 1.52 bits per heavy atom. The van der Waals surface area contributed by atoms with Crippen molar-refractivity contribution in [2.45, 2.75) is 39.2 Å². The van der Waals surface area contributed by atoms with Crippen molar-refractivity contribution in [3.63, 3.8) is 0 Å². The molecule has 5 heteroatoms. The Morgan fingerprint density at radius 2 is 2.38 bits per heavy atom. The fourth-order valence-electron chi connectivity index (χ4n) is 2.27. The summed E-state index contributed by atoms with van der Waals surface area (Å²) >= 11 is 0. The third-order valence-electron chi connectivity index (χ3n) is 3.56. The van der Waals surface area contributed by atoms with E-state index in [4.69, 9.17) is 4.74 Å². The minimum atomic E-state index is -0.0433. The van der Waals surface area contributed by atoms with Crippen molar-refractivity contribution >= 4 is 11.7 Å². The molecule has 0 bridgehead atoms. The molecule has 2 rings (SSSR count). The quantitative estimate of drug-likeness (QED) is 0.810. The van der Waals surface area contributed by atoms with Gasteiger partial charge in [0.05, 0.1) is 6.10 Å². The van der Waals surface area contributed by atoms with Gasteiger partial charge < -0.3 is 15.4 Å². The van der Waals surface area contributed by atoms with Gasteiger partial charge in [-0.3, -0.25) is 4.79 Å². The van der Waals surface area contributed by atoms with Gasteiger partial charge in [0, 0.05) is 31.5 Å². The maximum atomic E-state index is 12.0. The summed E-state index contributed by atoms with van der Waals surface area (Å²) in [5.41, 5.74) is 0.642. The smallest absolute Gasteiger partial charge is 0.251 e. The Labute approximate surface area is 126 Å². The highest BCUT2D eigenvalue weighted by atomic mass is 16.5. The van der Waals surface area contributed by atoms with E-state index in [1.54, 1.807) is 18.3 Å². The second-order valence-electron chi connectivity index (χ2n) is 5.88. The molecule has 1 fully saturated rings. The minimum Gasteiger partial charge on any atom is -0.376 e. The molecule has 0 spiro atoms. The van der Waals surface area contributed by atoms with Crippen LogP contribution in [-0.2, 0) is 4.74 Å². The second kappa shape index (κ2) is 7.98. The molecule has 0 aliphatic carbocycles. The highest BCUT2D eigenvalue weighted by molar-refractivity contribution is 5.94. The van der Waals surface area contributed by atoms with E-state index < -0.39 is 0 Å². The van der Waals surface area contributed by atoms with Crippen molar-refractivity contribution in [1.82, 2.24) is 10.3 Å². The number of hydrogen-bond donors (Lipinski definition) is 2. The number of nitrogens with one attached hydrogen (secondary N) is 2. The summed E-state index contributed by atoms with van der Waals surface area (Å²) in [6.07, 6.45) is 5.12. The summed E-state index contributed by atoms with van der Waals surface area (Å²) in [6, 6.07) is 3.53. The zero-order valence-corrected chi connectivity index (χ0v) is 12.9. The van der Waals surface area contributed by atoms with E-state index in [9.17, 15) is 4.79 Å². The summed E-state index contributed by atoms with van der Waals surface area (Å²) < 4.78 is 5.56. The van der Waals surface area contributed by atoms with E-state index in [1.807, 2.05) is 0 Å². The lowest BCUT2D eigenvalue weighted by Gasteiger charge is -2.12. The number of carbonyl (C=O) groups excluding carboxylic acids is 1. The number of nitrogens with zero attached hydrogens (tertiary/aromatic N) is 1. The van der Waals surface area contributed by atoms with E-state index >= 15 is 0 Å². The lowest BCUT2D eigenvalue weighted by Crippen LogP contribution is -2.25. The normalized spacial score (nSPS) is 18.0. The Morgan fingerprint density at radius 3 is 3.10 bits per heavy atom. The molecular weight excluding hydrogens is 266 g/mol. The van der Waals surface area contributed by atoms with E-state index in [2.05, 4.69) is 29.5 Å². The molecule has 0 saturated carbocycles. The predicted molar refractivity (Wildman–Crippen MR) is 83.5 cm³/mol. The van der Waals surface area contributed by atoms with Crippen molar-refractivity contribution in [1.29, 1.82) is 0 Å². The average Bonchev–Trinajstić information content (AvgIpc) is 2.98. The van der Waals surface area contributed by atoms with Gasteiger partial charge in [-0.1, -0.05) is 13.8 Å². The summed E-state index contributed by atoms with van der Waals surface area (Å²) in [5, 5.41) is 6.18. The van der Waals surface area contributed by atoms with E-state index in [-0.39, 0.29) is 12.0 Å². The highest BCUT2D eigenvalue weighted by Crippen LogP contribution is 2.13. The first kappa shape index (κ1) is 15.8. The first-order valence-electron chi connectivity index (χ1n) is 7.75. The van der Waals surface area contributed by atoms with Gasteiger partial charge in [-0.05, 0) is 37.3 Å². The van der Waals surface area contributed by atoms with Crippen molar-refractivity contribution in [3.8, 4) is 0 Å². The second-order valence-corrected chi connectivity index (χ2v) is 5.88. The number of aromatic nitrogens is 1. The van der Waals surface area contributed by atoms with Crippen LogP contribution in [0.5, 0.6) is 0 Å². The largest absolute Gasteiger partial charge is 0.376 e. The van der Waals surface area contributed by atoms with Gasteiger partial charge in [-0.2, -0.15) is 0 Å². The van der Waals surface area contributed by atoms with E-state index in [0.29, 0.717) is 18.0 Å². The summed E-state index contributed by atoms with van der Waals surface area (Å²) in [6.45, 7) is 6.58. The number of hydrogen-bond acceptors (Lipinski definition) is 4. The monoisotopic (exact) mass is 291 g/mol. The van der Waals surface area contributed by atoms with Crippen LogP contribution in [0.2, 0.25) is 0 Å². The fourth-order valence-corrected chi connectivity index (χ4v) is 2.27. The van der Waals surface area contributed by atoms with Crippen LogP contribution in [0.1, 0.15) is 43.5 Å². The molecule has 0 radical (unpaired) electrons. The van der Waals surface area contributed by atoms with Gasteiger partial charge in [0.15, 0.2) is 0 Å². The number of ether oxygens (including phenoxy) is 1. The van der Waals surface area contributed by atoms with Crippen molar-refractivity contribution in [2.24, 2.45) is 5.92 Å². The standard InChI is InChI=1S/C16H25N3O2/c1-12(2)5-7-18-16(20)13-6-8-17-15(10-13)19-11-14-4-3-9-21-14/h6,8,10,12,14H,3-5,7,9,11H2,1-2H3,(H,17,19)(H,18,20). The molecule has 5 nitrogen and oxygen atoms in total. The SMILES string of the molecule is CC(C)CCNC(=O)c1ccnc(NCC2CCCO2)c1. The molecule has 2 heterocycles. The summed E-state index contributed by atoms with van der Waals surface area (Å²) in [5.74, 6) is 1.27. The van der Waals surface area contributed by atoms with E-state index in [1.165, 1.54) is 0 Å². The molecule has 1 aliphatic rings. The van der Waals surface area contributed by atoms with Crippen LogP contribution >= 0.6 is 0 Å². The van der Waals surface area contributed by atoms with Crippen molar-refractivity contribution in [3.05, 3.63) is 23.9 Å². The van der Waals surface area contributed by atoms with Gasteiger partial charge in [-0.15, -0.1) is 0 Å². The van der Waals surface area contributed by atoms with Crippen molar-refractivity contribution < 1.29 is 9.53 Å². The van der Waals surface area contributed by atoms with Crippen LogP contribution in [0.15, 0.2) is 18.3 Å². The number of anilines is 1. The minimum absolute atomic E-state index is 0.0433. The van der Waals surface area contributed by atoms with Crippen molar-refractivity contribution in [2.75, 3.05) is 25.0 Å². The molecule has 1 amide bonds. The molecule has 0 aromatic carbocycles. The predicted octanol–water partition coefficient (Wildman–Crippen LogP) is 2.45. The molecule has 1 aromatic heterocycles. The molecule has 1 aromatic rings. The summed E-state index contributed by atoms with van der Waals surface area (Å²) in [4.78, 5) is 16.3. The maximum absolute atomic E-state index is 12.0. The Hall–Kier alpha value is -1.62. The van der Waals surface area contributed by atoms with Crippen LogP contribution in [-0.4, -0.2) is 36.7 Å². The maximum Gasteiger partial charge on any atom is 0.251 e. The molecule has 1 unspecified atom stereocenters. The molecule has 1 aliphatic heterocycles. The number of carbonyl (C=O) groups is 1. The van der Waals surface area contributed by atoms with Crippen LogP contribution in [0.25, 0.3) is 0 Å². The first-order chi connectivity index (χ1) is 10.1. The van der Waals surface area contributed by atoms with Crippen LogP contribution in [0.3, 0.4) is 0 Å². The molecular formula is C16H25N3O2. The summed E-state index contributed by atoms with van der Waals surface area (Å²) in [7, 11) is 0. The molecule has 1 saturated heterocycles. The zero-order valence-electron chi connectivity index (χ0n) is 12.9. The average molecular weight is 291 g/mol. The van der Waals surface area contributed by atoms with Gasteiger partial charge in [0.1, 0.15) is 5.82 Å². The van der Waals surface area contributed by atoms with Gasteiger partial charge in [0.25, 0.3) is 5.91 Å². The molecule has 2 N–H and O–H groups in total. The molecule has 1 atom stereocenters. The third-order valence-corrected chi connectivity index (χ3v) is 3.56. The van der Waals surface area contributed by atoms with Crippen LogP contribution in [0, 0.1) is 5.92 Å². The number of rotatable bonds is 7. The number of amides is 1. The topological polar surface area (TPSA) is 63.2 Å². The number of pyridine rings is 1. The first-order valence-corrected chi connectivity index (χ1v) is 7.75. The van der Waals surface area contributed by atoms with Gasteiger partial charge >= 0.3 is 0 Å². The molecule has 21 heavy (non-hydrogen) atoms. The van der Waals surface area contributed by atoms with Gasteiger partial charge in [0.2, 0.25) is 0 Å². The Balaban J connectivity index is 1.82.